The van der Waals surface area contributed by atoms with Crippen molar-refractivity contribution in [3.8, 4) is 0 Å². The van der Waals surface area contributed by atoms with E-state index in [0.29, 0.717) is 19.5 Å². The lowest BCUT2D eigenvalue weighted by Crippen LogP contribution is -2.61. The Morgan fingerprint density at radius 3 is 2.36 bits per heavy atom. The van der Waals surface area contributed by atoms with E-state index in [1.54, 1.807) is 31.1 Å². The lowest BCUT2D eigenvalue weighted by molar-refractivity contribution is -0.150. The van der Waals surface area contributed by atoms with Gasteiger partial charge in [0.1, 0.15) is 11.9 Å². The summed E-state index contributed by atoms with van der Waals surface area (Å²) in [7, 11) is 3.27. The molecule has 1 saturated heterocycles. The molecule has 2 rings (SSSR count). The maximum atomic E-state index is 12.9. The molecule has 1 aliphatic heterocycles. The van der Waals surface area contributed by atoms with Crippen molar-refractivity contribution in [2.45, 2.75) is 25.8 Å². The van der Waals surface area contributed by atoms with Gasteiger partial charge in [0.05, 0.1) is 6.54 Å². The van der Waals surface area contributed by atoms with Crippen LogP contribution in [0.4, 0.5) is 4.39 Å². The minimum Gasteiger partial charge on any atom is -0.347 e. The first kappa shape index (κ1) is 18.9. The first-order valence-corrected chi connectivity index (χ1v) is 8.30. The van der Waals surface area contributed by atoms with E-state index in [2.05, 4.69) is 0 Å². The van der Waals surface area contributed by atoms with E-state index < -0.39 is 6.04 Å². The van der Waals surface area contributed by atoms with Gasteiger partial charge in [-0.1, -0.05) is 12.1 Å². The molecule has 1 aromatic rings. The van der Waals surface area contributed by atoms with Crippen LogP contribution in [0.2, 0.25) is 0 Å². The molecule has 25 heavy (non-hydrogen) atoms. The smallest absolute Gasteiger partial charge is 0.246 e. The summed E-state index contributed by atoms with van der Waals surface area (Å²) in [5.74, 6) is -0.727. The van der Waals surface area contributed by atoms with Gasteiger partial charge in [0, 0.05) is 40.5 Å². The third-order valence-corrected chi connectivity index (χ3v) is 4.40. The van der Waals surface area contributed by atoms with Gasteiger partial charge in [-0.2, -0.15) is 0 Å². The highest BCUT2D eigenvalue weighted by Crippen LogP contribution is 2.14. The highest BCUT2D eigenvalue weighted by atomic mass is 19.1. The van der Waals surface area contributed by atoms with Crippen molar-refractivity contribution < 1.29 is 18.8 Å². The fourth-order valence-corrected chi connectivity index (χ4v) is 2.96. The number of hydrogen-bond donors (Lipinski definition) is 0. The van der Waals surface area contributed by atoms with Crippen LogP contribution in [0.5, 0.6) is 0 Å². The first-order chi connectivity index (χ1) is 11.8. The molecule has 1 heterocycles. The molecule has 1 aliphatic rings. The molecule has 0 aromatic heterocycles. The lowest BCUT2D eigenvalue weighted by atomic mass is 10.1. The SMILES string of the molecule is CC(=O)N1CCN(C(=O)CCc2ccc(F)cc2)C[C@@H]1C(=O)N(C)C. The van der Waals surface area contributed by atoms with Crippen molar-refractivity contribution in [1.29, 1.82) is 0 Å². The normalized spacial score (nSPS) is 17.4. The zero-order chi connectivity index (χ0) is 18.6. The highest BCUT2D eigenvalue weighted by Gasteiger charge is 2.36. The van der Waals surface area contributed by atoms with Gasteiger partial charge in [-0.25, -0.2) is 4.39 Å². The number of rotatable bonds is 4. The Morgan fingerprint density at radius 2 is 1.80 bits per heavy atom. The molecular weight excluding hydrogens is 325 g/mol. The summed E-state index contributed by atoms with van der Waals surface area (Å²) >= 11 is 0. The van der Waals surface area contributed by atoms with Crippen LogP contribution in [0.3, 0.4) is 0 Å². The summed E-state index contributed by atoms with van der Waals surface area (Å²) in [6.45, 7) is 2.40. The number of carbonyl (C=O) groups is 3. The van der Waals surface area contributed by atoms with Gasteiger partial charge in [-0.15, -0.1) is 0 Å². The molecule has 0 N–H and O–H groups in total. The molecule has 0 saturated carbocycles. The van der Waals surface area contributed by atoms with E-state index in [4.69, 9.17) is 0 Å². The number of carbonyl (C=O) groups excluding carboxylic acids is 3. The molecule has 1 fully saturated rings. The van der Waals surface area contributed by atoms with Crippen LogP contribution in [0.1, 0.15) is 18.9 Å². The van der Waals surface area contributed by atoms with Gasteiger partial charge < -0.3 is 14.7 Å². The Bertz CT molecular complexity index is 645. The number of piperazine rings is 1. The molecule has 0 radical (unpaired) electrons. The molecule has 0 unspecified atom stereocenters. The second kappa shape index (κ2) is 8.09. The van der Waals surface area contributed by atoms with Crippen LogP contribution in [0.15, 0.2) is 24.3 Å². The maximum Gasteiger partial charge on any atom is 0.246 e. The molecule has 0 aliphatic carbocycles. The number of amides is 3. The van der Waals surface area contributed by atoms with E-state index in [1.807, 2.05) is 0 Å². The fraction of sp³-hybridized carbons (Fsp3) is 0.500. The molecule has 136 valence electrons. The first-order valence-electron chi connectivity index (χ1n) is 8.30. The summed E-state index contributed by atoms with van der Waals surface area (Å²) in [6.07, 6.45) is 0.799. The third-order valence-electron chi connectivity index (χ3n) is 4.40. The maximum absolute atomic E-state index is 12.9. The number of likely N-dealkylation sites (N-methyl/N-ethyl adjacent to an activating group) is 1. The minimum atomic E-state index is -0.643. The van der Waals surface area contributed by atoms with Gasteiger partial charge in [-0.3, -0.25) is 14.4 Å². The van der Waals surface area contributed by atoms with Crippen LogP contribution in [0.25, 0.3) is 0 Å². The van der Waals surface area contributed by atoms with Crippen LogP contribution >= 0.6 is 0 Å². The van der Waals surface area contributed by atoms with Crippen molar-refractivity contribution in [2.75, 3.05) is 33.7 Å². The van der Waals surface area contributed by atoms with Crippen molar-refractivity contribution in [3.63, 3.8) is 0 Å². The standard InChI is InChI=1S/C18H24FN3O3/c1-13(23)22-11-10-21(12-16(22)18(25)20(2)3)17(24)9-6-14-4-7-15(19)8-5-14/h4-5,7-8,16H,6,9-12H2,1-3H3/t16-/m1/s1. The Balaban J connectivity index is 1.99. The van der Waals surface area contributed by atoms with Crippen molar-refractivity contribution in [1.82, 2.24) is 14.7 Å². The quantitative estimate of drug-likeness (QED) is 0.812. The van der Waals surface area contributed by atoms with Crippen molar-refractivity contribution in [2.24, 2.45) is 0 Å². The summed E-state index contributed by atoms with van der Waals surface area (Å²) in [4.78, 5) is 41.2. The molecule has 1 atom stereocenters. The van der Waals surface area contributed by atoms with Gasteiger partial charge in [0.15, 0.2) is 0 Å². The predicted octanol–water partition coefficient (Wildman–Crippen LogP) is 0.906. The zero-order valence-electron chi connectivity index (χ0n) is 14.9. The molecule has 0 spiro atoms. The summed E-state index contributed by atoms with van der Waals surface area (Å²) in [6, 6.07) is 5.42. The summed E-state index contributed by atoms with van der Waals surface area (Å²) in [5, 5.41) is 0. The largest absolute Gasteiger partial charge is 0.347 e. The molecule has 3 amide bonds. The van der Waals surface area contributed by atoms with E-state index in [9.17, 15) is 18.8 Å². The average molecular weight is 349 g/mol. The molecular formula is C18H24FN3O3. The number of benzene rings is 1. The number of nitrogens with zero attached hydrogens (tertiary/aromatic N) is 3. The Hall–Kier alpha value is -2.44. The summed E-state index contributed by atoms with van der Waals surface area (Å²) < 4.78 is 12.9. The van der Waals surface area contributed by atoms with E-state index in [0.717, 1.165) is 5.56 Å². The van der Waals surface area contributed by atoms with Crippen molar-refractivity contribution >= 4 is 17.7 Å². The van der Waals surface area contributed by atoms with Crippen LogP contribution in [-0.2, 0) is 20.8 Å². The van der Waals surface area contributed by atoms with Crippen LogP contribution in [-0.4, -0.2) is 72.2 Å². The van der Waals surface area contributed by atoms with E-state index in [1.165, 1.54) is 28.9 Å². The second-order valence-electron chi connectivity index (χ2n) is 6.43. The third kappa shape index (κ3) is 4.78. The second-order valence-corrected chi connectivity index (χ2v) is 6.43. The van der Waals surface area contributed by atoms with Crippen LogP contribution < -0.4 is 0 Å². The van der Waals surface area contributed by atoms with Gasteiger partial charge in [-0.05, 0) is 24.1 Å². The number of hydrogen-bond acceptors (Lipinski definition) is 3. The van der Waals surface area contributed by atoms with Crippen LogP contribution in [0, 0.1) is 5.82 Å². The lowest BCUT2D eigenvalue weighted by Gasteiger charge is -2.41. The Kier molecular flexibility index (Phi) is 6.12. The van der Waals surface area contributed by atoms with E-state index >= 15 is 0 Å². The number of halogens is 1. The Morgan fingerprint density at radius 1 is 1.16 bits per heavy atom. The number of aryl methyl sites for hydroxylation is 1. The molecule has 1 aromatic carbocycles. The van der Waals surface area contributed by atoms with Crippen molar-refractivity contribution in [3.05, 3.63) is 35.6 Å². The van der Waals surface area contributed by atoms with Gasteiger partial charge in [0.25, 0.3) is 0 Å². The highest BCUT2D eigenvalue weighted by molar-refractivity contribution is 5.88. The molecule has 7 heteroatoms. The fourth-order valence-electron chi connectivity index (χ4n) is 2.96. The monoisotopic (exact) mass is 349 g/mol. The average Bonchev–Trinajstić information content (AvgIpc) is 2.59. The van der Waals surface area contributed by atoms with Gasteiger partial charge in [0.2, 0.25) is 17.7 Å². The molecule has 6 nitrogen and oxygen atoms in total. The summed E-state index contributed by atoms with van der Waals surface area (Å²) in [5.41, 5.74) is 0.887. The topological polar surface area (TPSA) is 60.9 Å². The van der Waals surface area contributed by atoms with E-state index in [-0.39, 0.29) is 36.5 Å². The van der Waals surface area contributed by atoms with Gasteiger partial charge >= 0.3 is 0 Å². The Labute approximate surface area is 147 Å². The predicted molar refractivity (Wildman–Crippen MR) is 91.2 cm³/mol. The zero-order valence-corrected chi connectivity index (χ0v) is 14.9. The molecule has 0 bridgehead atoms. The minimum absolute atomic E-state index is 0.0657.